The summed E-state index contributed by atoms with van der Waals surface area (Å²) in [5.41, 5.74) is 0. The van der Waals surface area contributed by atoms with Gasteiger partial charge in [-0.1, -0.05) is 17.8 Å². The Kier molecular flexibility index (Phi) is 6.00. The van der Waals surface area contributed by atoms with Gasteiger partial charge >= 0.3 is 0 Å². The van der Waals surface area contributed by atoms with Gasteiger partial charge in [0.05, 0.1) is 10.3 Å². The number of aromatic nitrogens is 1. The Morgan fingerprint density at radius 2 is 2.29 bits per heavy atom. The minimum Gasteiger partial charge on any atom is -0.396 e. The van der Waals surface area contributed by atoms with Gasteiger partial charge in [0.2, 0.25) is 5.91 Å². The highest BCUT2D eigenvalue weighted by atomic mass is 32.2. The first kappa shape index (κ1) is 14.0. The summed E-state index contributed by atoms with van der Waals surface area (Å²) in [6.45, 7) is 3.82. The van der Waals surface area contributed by atoms with Gasteiger partial charge in [-0.25, -0.2) is 4.98 Å². The molecule has 4 nitrogen and oxygen atoms in total. The predicted octanol–water partition coefficient (Wildman–Crippen LogP) is 1.45. The van der Waals surface area contributed by atoms with Crippen molar-refractivity contribution in [2.45, 2.75) is 36.6 Å². The van der Waals surface area contributed by atoms with Crippen LogP contribution < -0.4 is 5.32 Å². The highest BCUT2D eigenvalue weighted by Crippen LogP contribution is 2.20. The molecule has 1 amide bonds. The summed E-state index contributed by atoms with van der Waals surface area (Å²) in [7, 11) is 0. The highest BCUT2D eigenvalue weighted by Gasteiger charge is 2.16. The number of aliphatic hydroxyl groups is 1. The van der Waals surface area contributed by atoms with E-state index in [-0.39, 0.29) is 23.8 Å². The Hall–Kier alpha value is -1.07. The third-order valence-corrected chi connectivity index (χ3v) is 3.31. The second kappa shape index (κ2) is 7.29. The van der Waals surface area contributed by atoms with Gasteiger partial charge in [0.25, 0.3) is 0 Å². The van der Waals surface area contributed by atoms with Crippen molar-refractivity contribution in [3.8, 4) is 0 Å². The number of rotatable bonds is 6. The molecular weight excluding hydrogens is 236 g/mol. The summed E-state index contributed by atoms with van der Waals surface area (Å²) in [5, 5.41) is 12.3. The van der Waals surface area contributed by atoms with Crippen LogP contribution in [0.5, 0.6) is 0 Å². The van der Waals surface area contributed by atoms with Gasteiger partial charge in [-0.15, -0.1) is 0 Å². The molecule has 94 valence electrons. The molecule has 1 aromatic rings. The lowest BCUT2D eigenvalue weighted by molar-refractivity contribution is -0.120. The molecular formula is C12H18N2O2S. The lowest BCUT2D eigenvalue weighted by Crippen LogP contribution is -2.38. The van der Waals surface area contributed by atoms with E-state index in [9.17, 15) is 4.79 Å². The SMILES string of the molecule is CC(CCO)NC(=O)C(C)Sc1ccccn1. The Bertz CT molecular complexity index is 346. The molecule has 5 heteroatoms. The summed E-state index contributed by atoms with van der Waals surface area (Å²) < 4.78 is 0. The molecule has 1 rings (SSSR count). The maximum absolute atomic E-state index is 11.8. The normalized spacial score (nSPS) is 14.1. The Balaban J connectivity index is 2.42. The molecule has 0 aromatic carbocycles. The van der Waals surface area contributed by atoms with E-state index in [4.69, 9.17) is 5.11 Å². The first-order valence-electron chi connectivity index (χ1n) is 5.62. The lowest BCUT2D eigenvalue weighted by atomic mass is 10.2. The summed E-state index contributed by atoms with van der Waals surface area (Å²) in [6.07, 6.45) is 2.29. The fourth-order valence-electron chi connectivity index (χ4n) is 1.28. The number of carbonyl (C=O) groups is 1. The number of thioether (sulfide) groups is 1. The van der Waals surface area contributed by atoms with Crippen LogP contribution in [0.25, 0.3) is 0 Å². The number of hydrogen-bond acceptors (Lipinski definition) is 4. The van der Waals surface area contributed by atoms with Gasteiger partial charge < -0.3 is 10.4 Å². The van der Waals surface area contributed by atoms with Crippen LogP contribution in [0.2, 0.25) is 0 Å². The monoisotopic (exact) mass is 254 g/mol. The maximum atomic E-state index is 11.8. The fourth-order valence-corrected chi connectivity index (χ4v) is 2.09. The Morgan fingerprint density at radius 3 is 2.88 bits per heavy atom. The molecule has 1 aromatic heterocycles. The average molecular weight is 254 g/mol. The summed E-state index contributed by atoms with van der Waals surface area (Å²) in [5.74, 6) is -0.0263. The third-order valence-electron chi connectivity index (χ3n) is 2.26. The van der Waals surface area contributed by atoms with E-state index in [1.54, 1.807) is 6.20 Å². The molecule has 2 unspecified atom stereocenters. The number of aliphatic hydroxyl groups excluding tert-OH is 1. The molecule has 1 heterocycles. The quantitative estimate of drug-likeness (QED) is 0.754. The van der Waals surface area contributed by atoms with E-state index < -0.39 is 0 Å². The smallest absolute Gasteiger partial charge is 0.233 e. The van der Waals surface area contributed by atoms with Gasteiger partial charge in [0, 0.05) is 18.8 Å². The van der Waals surface area contributed by atoms with Crippen LogP contribution in [0.3, 0.4) is 0 Å². The molecule has 0 radical (unpaired) electrons. The van der Waals surface area contributed by atoms with Crippen molar-refractivity contribution in [3.05, 3.63) is 24.4 Å². The van der Waals surface area contributed by atoms with Crippen LogP contribution >= 0.6 is 11.8 Å². The molecule has 0 aliphatic carbocycles. The first-order valence-corrected chi connectivity index (χ1v) is 6.50. The number of carbonyl (C=O) groups excluding carboxylic acids is 1. The second-order valence-corrected chi connectivity index (χ2v) is 5.21. The summed E-state index contributed by atoms with van der Waals surface area (Å²) in [4.78, 5) is 16.0. The van der Waals surface area contributed by atoms with Crippen LogP contribution in [0.15, 0.2) is 29.4 Å². The summed E-state index contributed by atoms with van der Waals surface area (Å²) >= 11 is 1.43. The Morgan fingerprint density at radius 1 is 1.53 bits per heavy atom. The zero-order valence-corrected chi connectivity index (χ0v) is 10.9. The maximum Gasteiger partial charge on any atom is 0.233 e. The number of amides is 1. The minimum absolute atomic E-state index is 0.000664. The molecule has 0 saturated heterocycles. The molecule has 2 atom stereocenters. The second-order valence-electron chi connectivity index (χ2n) is 3.85. The summed E-state index contributed by atoms with van der Waals surface area (Å²) in [6, 6.07) is 5.62. The fraction of sp³-hybridized carbons (Fsp3) is 0.500. The zero-order valence-electron chi connectivity index (χ0n) is 10.1. The van der Waals surface area contributed by atoms with Crippen LogP contribution in [0, 0.1) is 0 Å². The standard InChI is InChI=1S/C12H18N2O2S/c1-9(6-8-15)14-12(16)10(2)17-11-5-3-4-7-13-11/h3-5,7,9-10,15H,6,8H2,1-2H3,(H,14,16). The van der Waals surface area contributed by atoms with Crippen LogP contribution in [0.1, 0.15) is 20.3 Å². The van der Waals surface area contributed by atoms with E-state index in [1.165, 1.54) is 11.8 Å². The van der Waals surface area contributed by atoms with E-state index in [0.29, 0.717) is 6.42 Å². The van der Waals surface area contributed by atoms with Crippen molar-refractivity contribution in [2.24, 2.45) is 0 Å². The molecule has 0 bridgehead atoms. The van der Waals surface area contributed by atoms with Crippen molar-refractivity contribution < 1.29 is 9.90 Å². The van der Waals surface area contributed by atoms with E-state index >= 15 is 0 Å². The molecule has 0 aliphatic heterocycles. The lowest BCUT2D eigenvalue weighted by Gasteiger charge is -2.16. The van der Waals surface area contributed by atoms with Crippen LogP contribution in [-0.2, 0) is 4.79 Å². The van der Waals surface area contributed by atoms with Crippen molar-refractivity contribution in [2.75, 3.05) is 6.61 Å². The van der Waals surface area contributed by atoms with E-state index in [2.05, 4.69) is 10.3 Å². The van der Waals surface area contributed by atoms with Gasteiger partial charge in [-0.2, -0.15) is 0 Å². The van der Waals surface area contributed by atoms with Gasteiger partial charge in [0.1, 0.15) is 0 Å². The van der Waals surface area contributed by atoms with E-state index in [1.807, 2.05) is 32.0 Å². The van der Waals surface area contributed by atoms with E-state index in [0.717, 1.165) is 5.03 Å². The van der Waals surface area contributed by atoms with Crippen molar-refractivity contribution >= 4 is 17.7 Å². The highest BCUT2D eigenvalue weighted by molar-refractivity contribution is 8.00. The molecule has 0 fully saturated rings. The van der Waals surface area contributed by atoms with Crippen molar-refractivity contribution in [1.82, 2.24) is 10.3 Å². The van der Waals surface area contributed by atoms with Gasteiger partial charge in [-0.05, 0) is 32.4 Å². The average Bonchev–Trinajstić information content (AvgIpc) is 2.30. The Labute approximate surface area is 106 Å². The minimum atomic E-state index is -0.189. The van der Waals surface area contributed by atoms with Crippen molar-refractivity contribution in [3.63, 3.8) is 0 Å². The molecule has 2 N–H and O–H groups in total. The molecule has 0 saturated carbocycles. The predicted molar refractivity (Wildman–Crippen MR) is 68.9 cm³/mol. The first-order chi connectivity index (χ1) is 8.13. The molecule has 17 heavy (non-hydrogen) atoms. The topological polar surface area (TPSA) is 62.2 Å². The molecule has 0 aliphatic rings. The van der Waals surface area contributed by atoms with Crippen LogP contribution in [-0.4, -0.2) is 33.9 Å². The van der Waals surface area contributed by atoms with Crippen LogP contribution in [0.4, 0.5) is 0 Å². The third kappa shape index (κ3) is 5.19. The molecule has 0 spiro atoms. The largest absolute Gasteiger partial charge is 0.396 e. The number of nitrogens with one attached hydrogen (secondary N) is 1. The van der Waals surface area contributed by atoms with Gasteiger partial charge in [0.15, 0.2) is 0 Å². The number of hydrogen-bond donors (Lipinski definition) is 2. The van der Waals surface area contributed by atoms with Crippen molar-refractivity contribution in [1.29, 1.82) is 0 Å². The van der Waals surface area contributed by atoms with Gasteiger partial charge in [-0.3, -0.25) is 4.79 Å². The number of nitrogens with zero attached hydrogens (tertiary/aromatic N) is 1. The number of pyridine rings is 1. The zero-order chi connectivity index (χ0) is 12.7.